The molecule has 1 saturated heterocycles. The van der Waals surface area contributed by atoms with E-state index < -0.39 is 27.0 Å². The summed E-state index contributed by atoms with van der Waals surface area (Å²) in [7, 11) is -3.09. The molecule has 2 rings (SSSR count). The first-order chi connectivity index (χ1) is 7.80. The van der Waals surface area contributed by atoms with Crippen LogP contribution in [-0.2, 0) is 16.3 Å². The molecule has 1 heterocycles. The second-order valence-electron chi connectivity index (χ2n) is 4.63. The van der Waals surface area contributed by atoms with Crippen LogP contribution >= 0.6 is 0 Å². The quantitative estimate of drug-likeness (QED) is 0.864. The van der Waals surface area contributed by atoms with Gasteiger partial charge in [0.25, 0.3) is 0 Å². The van der Waals surface area contributed by atoms with E-state index in [1.54, 1.807) is 0 Å². The summed E-state index contributed by atoms with van der Waals surface area (Å²) in [6.45, 7) is 0. The number of sulfone groups is 1. The summed E-state index contributed by atoms with van der Waals surface area (Å²) in [5, 5.41) is 0. The van der Waals surface area contributed by atoms with Crippen molar-refractivity contribution >= 4 is 9.84 Å². The number of nitrogens with two attached hydrogens (primary N) is 1. The molecule has 0 aromatic heterocycles. The molecule has 2 N–H and O–H groups in total. The zero-order chi connectivity index (χ0) is 12.7. The van der Waals surface area contributed by atoms with Crippen LogP contribution in [0.2, 0.25) is 0 Å². The number of rotatable bonds is 2. The van der Waals surface area contributed by atoms with Crippen LogP contribution in [0.4, 0.5) is 8.78 Å². The number of hydrogen-bond donors (Lipinski definition) is 1. The minimum Gasteiger partial charge on any atom is -0.324 e. The normalized spacial score (nSPS) is 27.2. The molecule has 1 unspecified atom stereocenters. The molecule has 3 nitrogen and oxygen atoms in total. The van der Waals surface area contributed by atoms with Gasteiger partial charge in [0, 0.05) is 5.54 Å². The summed E-state index contributed by atoms with van der Waals surface area (Å²) in [5.74, 6) is -1.89. The molecule has 17 heavy (non-hydrogen) atoms. The first-order valence-electron chi connectivity index (χ1n) is 5.23. The highest BCUT2D eigenvalue weighted by Crippen LogP contribution is 2.25. The Balaban J connectivity index is 2.19. The molecule has 0 amide bonds. The van der Waals surface area contributed by atoms with Crippen LogP contribution in [0.5, 0.6) is 0 Å². The minimum absolute atomic E-state index is 0.0627. The second kappa shape index (κ2) is 4.03. The molecule has 0 aliphatic carbocycles. The summed E-state index contributed by atoms with van der Waals surface area (Å²) >= 11 is 0. The molecule has 1 aromatic rings. The van der Waals surface area contributed by atoms with Crippen molar-refractivity contribution in [3.63, 3.8) is 0 Å². The van der Waals surface area contributed by atoms with Gasteiger partial charge in [-0.25, -0.2) is 17.2 Å². The number of benzene rings is 1. The lowest BCUT2D eigenvalue weighted by molar-refractivity contribution is 0.469. The van der Waals surface area contributed by atoms with E-state index in [9.17, 15) is 17.2 Å². The van der Waals surface area contributed by atoms with Crippen LogP contribution in [0.25, 0.3) is 0 Å². The Morgan fingerprint density at radius 2 is 2.00 bits per heavy atom. The second-order valence-corrected chi connectivity index (χ2v) is 6.81. The van der Waals surface area contributed by atoms with Crippen molar-refractivity contribution in [2.75, 3.05) is 11.5 Å². The first-order valence-corrected chi connectivity index (χ1v) is 7.05. The number of halogens is 2. The molecule has 0 saturated carbocycles. The van der Waals surface area contributed by atoms with E-state index in [1.807, 2.05) is 0 Å². The highest BCUT2D eigenvalue weighted by molar-refractivity contribution is 7.91. The predicted molar refractivity (Wildman–Crippen MR) is 60.3 cm³/mol. The van der Waals surface area contributed by atoms with Gasteiger partial charge < -0.3 is 5.73 Å². The van der Waals surface area contributed by atoms with E-state index in [1.165, 1.54) is 6.07 Å². The topological polar surface area (TPSA) is 60.2 Å². The van der Waals surface area contributed by atoms with Crippen molar-refractivity contribution in [3.05, 3.63) is 35.4 Å². The Morgan fingerprint density at radius 1 is 1.29 bits per heavy atom. The highest BCUT2D eigenvalue weighted by atomic mass is 32.2. The van der Waals surface area contributed by atoms with Gasteiger partial charge >= 0.3 is 0 Å². The summed E-state index contributed by atoms with van der Waals surface area (Å²) < 4.78 is 48.4. The van der Waals surface area contributed by atoms with Crippen LogP contribution in [0.15, 0.2) is 18.2 Å². The maximum atomic E-state index is 13.0. The maximum Gasteiger partial charge on any atom is 0.159 e. The van der Waals surface area contributed by atoms with Crippen LogP contribution in [0.1, 0.15) is 12.0 Å². The minimum atomic E-state index is -3.09. The third-order valence-electron chi connectivity index (χ3n) is 2.96. The molecule has 1 atom stereocenters. The fourth-order valence-corrected chi connectivity index (χ4v) is 4.12. The Labute approximate surface area is 98.5 Å². The summed E-state index contributed by atoms with van der Waals surface area (Å²) in [6, 6.07) is 3.52. The SMILES string of the molecule is NC1(Cc2ccc(F)c(F)c2)CCS(=O)(=O)C1. The Morgan fingerprint density at radius 3 is 2.53 bits per heavy atom. The van der Waals surface area contributed by atoms with Crippen LogP contribution in [0, 0.1) is 11.6 Å². The van der Waals surface area contributed by atoms with Crippen LogP contribution < -0.4 is 5.73 Å². The molecule has 1 fully saturated rings. The lowest BCUT2D eigenvalue weighted by Crippen LogP contribution is -2.43. The van der Waals surface area contributed by atoms with E-state index >= 15 is 0 Å². The standard InChI is InChI=1S/C11H13F2NO2S/c12-9-2-1-8(5-10(9)13)6-11(14)3-4-17(15,16)7-11/h1-2,5H,3-4,6-7,14H2. The van der Waals surface area contributed by atoms with Gasteiger partial charge in [0.15, 0.2) is 21.5 Å². The Bertz CT molecular complexity index is 544. The Hall–Kier alpha value is -1.01. The van der Waals surface area contributed by atoms with Crippen LogP contribution in [-0.4, -0.2) is 25.5 Å². The van der Waals surface area contributed by atoms with Gasteiger partial charge in [-0.05, 0) is 30.5 Å². The van der Waals surface area contributed by atoms with Crippen molar-refractivity contribution < 1.29 is 17.2 Å². The van der Waals surface area contributed by atoms with E-state index in [2.05, 4.69) is 0 Å². The van der Waals surface area contributed by atoms with Crippen molar-refractivity contribution in [3.8, 4) is 0 Å². The van der Waals surface area contributed by atoms with E-state index in [-0.39, 0.29) is 17.9 Å². The zero-order valence-electron chi connectivity index (χ0n) is 9.12. The van der Waals surface area contributed by atoms with Crippen molar-refractivity contribution in [1.82, 2.24) is 0 Å². The highest BCUT2D eigenvalue weighted by Gasteiger charge is 2.38. The van der Waals surface area contributed by atoms with Crippen molar-refractivity contribution in [1.29, 1.82) is 0 Å². The van der Waals surface area contributed by atoms with Crippen molar-refractivity contribution in [2.24, 2.45) is 5.73 Å². The van der Waals surface area contributed by atoms with Crippen LogP contribution in [0.3, 0.4) is 0 Å². The van der Waals surface area contributed by atoms with Gasteiger partial charge in [0.05, 0.1) is 11.5 Å². The zero-order valence-corrected chi connectivity index (χ0v) is 9.93. The lowest BCUT2D eigenvalue weighted by Gasteiger charge is -2.21. The van der Waals surface area contributed by atoms with E-state index in [4.69, 9.17) is 5.73 Å². The number of hydrogen-bond acceptors (Lipinski definition) is 3. The molecule has 1 aromatic carbocycles. The fraction of sp³-hybridized carbons (Fsp3) is 0.455. The average Bonchev–Trinajstić information content (AvgIpc) is 2.47. The summed E-state index contributed by atoms with van der Waals surface area (Å²) in [5.41, 5.74) is 5.62. The first kappa shape index (κ1) is 12.4. The predicted octanol–water partition coefficient (Wildman–Crippen LogP) is 1.02. The maximum absolute atomic E-state index is 13.0. The van der Waals surface area contributed by atoms with E-state index in [0.717, 1.165) is 12.1 Å². The van der Waals surface area contributed by atoms with Gasteiger partial charge in [0.2, 0.25) is 0 Å². The Kier molecular flexibility index (Phi) is 2.95. The molecule has 1 aliphatic heterocycles. The monoisotopic (exact) mass is 261 g/mol. The largest absolute Gasteiger partial charge is 0.324 e. The molecule has 1 aliphatic rings. The summed E-state index contributed by atoms with van der Waals surface area (Å²) in [6.07, 6.45) is 0.595. The molecular weight excluding hydrogens is 248 g/mol. The van der Waals surface area contributed by atoms with Gasteiger partial charge in [-0.1, -0.05) is 6.07 Å². The smallest absolute Gasteiger partial charge is 0.159 e. The summed E-state index contributed by atoms with van der Waals surface area (Å²) in [4.78, 5) is 0. The lowest BCUT2D eigenvalue weighted by atomic mass is 9.91. The molecular formula is C11H13F2NO2S. The average molecular weight is 261 g/mol. The molecule has 0 bridgehead atoms. The fourth-order valence-electron chi connectivity index (χ4n) is 2.14. The van der Waals surface area contributed by atoms with Gasteiger partial charge in [-0.3, -0.25) is 0 Å². The molecule has 94 valence electrons. The van der Waals surface area contributed by atoms with Gasteiger partial charge in [-0.15, -0.1) is 0 Å². The van der Waals surface area contributed by atoms with E-state index in [0.29, 0.717) is 12.0 Å². The molecule has 0 spiro atoms. The third kappa shape index (κ3) is 2.81. The molecule has 0 radical (unpaired) electrons. The van der Waals surface area contributed by atoms with Gasteiger partial charge in [-0.2, -0.15) is 0 Å². The van der Waals surface area contributed by atoms with Crippen molar-refractivity contribution in [2.45, 2.75) is 18.4 Å². The molecule has 6 heteroatoms. The van der Waals surface area contributed by atoms with Gasteiger partial charge in [0.1, 0.15) is 0 Å². The third-order valence-corrected chi connectivity index (χ3v) is 4.80.